The molecule has 1 heterocycles. The number of aromatic nitrogens is 2. The number of thioether (sulfide) groups is 1. The SMILES string of the molecule is Cc1nc(CSc2ccccc2C(=O)NC(C)C2CC3CCC2C3)no1. The number of amides is 1. The van der Waals surface area contributed by atoms with Crippen molar-refractivity contribution in [2.75, 3.05) is 0 Å². The van der Waals surface area contributed by atoms with E-state index in [-0.39, 0.29) is 11.9 Å². The molecule has 0 radical (unpaired) electrons. The molecule has 2 aliphatic rings. The third-order valence-electron chi connectivity index (χ3n) is 5.85. The van der Waals surface area contributed by atoms with E-state index in [0.717, 1.165) is 22.3 Å². The lowest BCUT2D eigenvalue weighted by Gasteiger charge is -2.28. The van der Waals surface area contributed by atoms with Gasteiger partial charge in [-0.15, -0.1) is 11.8 Å². The lowest BCUT2D eigenvalue weighted by atomic mass is 9.84. The molecule has 5 nitrogen and oxygen atoms in total. The molecule has 4 unspecified atom stereocenters. The smallest absolute Gasteiger partial charge is 0.252 e. The van der Waals surface area contributed by atoms with Crippen molar-refractivity contribution in [1.82, 2.24) is 15.5 Å². The van der Waals surface area contributed by atoms with Crippen LogP contribution in [0.4, 0.5) is 0 Å². The Hall–Kier alpha value is -1.82. The van der Waals surface area contributed by atoms with Crippen LogP contribution >= 0.6 is 11.8 Å². The summed E-state index contributed by atoms with van der Waals surface area (Å²) in [7, 11) is 0. The second kappa shape index (κ2) is 7.43. The topological polar surface area (TPSA) is 68.0 Å². The Balaban J connectivity index is 1.41. The predicted octanol–water partition coefficient (Wildman–Crippen LogP) is 4.22. The first-order valence-corrected chi connectivity index (χ1v) is 10.4. The number of benzene rings is 1. The summed E-state index contributed by atoms with van der Waals surface area (Å²) in [6.07, 6.45) is 5.37. The summed E-state index contributed by atoms with van der Waals surface area (Å²) in [4.78, 5) is 18.1. The van der Waals surface area contributed by atoms with Crippen LogP contribution in [0.5, 0.6) is 0 Å². The van der Waals surface area contributed by atoms with Gasteiger partial charge in [0.1, 0.15) is 0 Å². The highest BCUT2D eigenvalue weighted by atomic mass is 32.2. The third-order valence-corrected chi connectivity index (χ3v) is 6.92. The van der Waals surface area contributed by atoms with Crippen molar-refractivity contribution in [3.05, 3.63) is 41.5 Å². The Kier molecular flexibility index (Phi) is 5.02. The number of aryl methyl sites for hydroxylation is 1. The molecule has 0 spiro atoms. The van der Waals surface area contributed by atoms with Gasteiger partial charge in [0, 0.05) is 17.9 Å². The fraction of sp³-hybridized carbons (Fsp3) is 0.550. The molecule has 0 aliphatic heterocycles. The van der Waals surface area contributed by atoms with Gasteiger partial charge in [0.15, 0.2) is 5.82 Å². The number of nitrogens with zero attached hydrogens (tertiary/aromatic N) is 2. The molecule has 2 aliphatic carbocycles. The minimum Gasteiger partial charge on any atom is -0.349 e. The first-order chi connectivity index (χ1) is 12.6. The molecule has 2 aromatic rings. The van der Waals surface area contributed by atoms with Gasteiger partial charge in [-0.05, 0) is 56.1 Å². The highest BCUT2D eigenvalue weighted by molar-refractivity contribution is 7.98. The Morgan fingerprint density at radius 3 is 2.88 bits per heavy atom. The van der Waals surface area contributed by atoms with E-state index in [1.165, 1.54) is 25.7 Å². The molecular formula is C20H25N3O2S. The second-order valence-corrected chi connectivity index (χ2v) is 8.63. The quantitative estimate of drug-likeness (QED) is 0.770. The zero-order valence-corrected chi connectivity index (χ0v) is 16.1. The Morgan fingerprint density at radius 2 is 2.19 bits per heavy atom. The van der Waals surface area contributed by atoms with E-state index >= 15 is 0 Å². The van der Waals surface area contributed by atoms with Crippen LogP contribution in [0.3, 0.4) is 0 Å². The minimum absolute atomic E-state index is 0.0210. The van der Waals surface area contributed by atoms with Crippen molar-refractivity contribution in [3.63, 3.8) is 0 Å². The molecule has 138 valence electrons. The number of carbonyl (C=O) groups is 1. The lowest BCUT2D eigenvalue weighted by Crippen LogP contribution is -2.40. The average molecular weight is 372 g/mol. The normalized spacial score (nSPS) is 25.4. The summed E-state index contributed by atoms with van der Waals surface area (Å²) in [5, 5.41) is 7.18. The van der Waals surface area contributed by atoms with Crippen molar-refractivity contribution in [2.45, 2.75) is 56.2 Å². The number of carbonyl (C=O) groups excluding carboxylic acids is 1. The van der Waals surface area contributed by atoms with Gasteiger partial charge in [-0.3, -0.25) is 4.79 Å². The first-order valence-electron chi connectivity index (χ1n) is 9.42. The molecule has 4 atom stereocenters. The zero-order chi connectivity index (χ0) is 18.1. The summed E-state index contributed by atoms with van der Waals surface area (Å²) in [5.41, 5.74) is 0.729. The van der Waals surface area contributed by atoms with Gasteiger partial charge < -0.3 is 9.84 Å². The number of hydrogen-bond acceptors (Lipinski definition) is 5. The third kappa shape index (κ3) is 3.65. The highest BCUT2D eigenvalue weighted by Gasteiger charge is 2.42. The van der Waals surface area contributed by atoms with Gasteiger partial charge in [0.25, 0.3) is 5.91 Å². The van der Waals surface area contributed by atoms with Crippen molar-refractivity contribution >= 4 is 17.7 Å². The maximum Gasteiger partial charge on any atom is 0.252 e. The van der Waals surface area contributed by atoms with Gasteiger partial charge in [-0.1, -0.05) is 23.7 Å². The number of rotatable bonds is 6. The van der Waals surface area contributed by atoms with Crippen molar-refractivity contribution in [3.8, 4) is 0 Å². The summed E-state index contributed by atoms with van der Waals surface area (Å²) in [6, 6.07) is 7.98. The van der Waals surface area contributed by atoms with Crippen LogP contribution in [0.25, 0.3) is 0 Å². The van der Waals surface area contributed by atoms with Crippen LogP contribution < -0.4 is 5.32 Å². The largest absolute Gasteiger partial charge is 0.349 e. The molecule has 2 bridgehead atoms. The van der Waals surface area contributed by atoms with E-state index in [9.17, 15) is 4.79 Å². The molecule has 1 N–H and O–H groups in total. The van der Waals surface area contributed by atoms with Gasteiger partial charge >= 0.3 is 0 Å². The molecular weight excluding hydrogens is 346 g/mol. The van der Waals surface area contributed by atoms with Crippen LogP contribution in [-0.2, 0) is 5.75 Å². The number of hydrogen-bond donors (Lipinski definition) is 1. The molecule has 6 heteroatoms. The highest BCUT2D eigenvalue weighted by Crippen LogP contribution is 2.49. The van der Waals surface area contributed by atoms with Crippen molar-refractivity contribution < 1.29 is 9.32 Å². The number of nitrogens with one attached hydrogen (secondary N) is 1. The van der Waals surface area contributed by atoms with E-state index in [0.29, 0.717) is 23.4 Å². The first kappa shape index (κ1) is 17.6. The van der Waals surface area contributed by atoms with Gasteiger partial charge in [-0.2, -0.15) is 4.98 Å². The van der Waals surface area contributed by atoms with E-state index in [2.05, 4.69) is 22.4 Å². The van der Waals surface area contributed by atoms with Gasteiger partial charge in [0.2, 0.25) is 5.89 Å². The van der Waals surface area contributed by atoms with Crippen LogP contribution in [0, 0.1) is 24.7 Å². The van der Waals surface area contributed by atoms with Crippen LogP contribution in [0.15, 0.2) is 33.7 Å². The van der Waals surface area contributed by atoms with Crippen LogP contribution in [0.1, 0.15) is 54.7 Å². The van der Waals surface area contributed by atoms with E-state index in [4.69, 9.17) is 4.52 Å². The van der Waals surface area contributed by atoms with Crippen LogP contribution in [0.2, 0.25) is 0 Å². The van der Waals surface area contributed by atoms with Gasteiger partial charge in [-0.25, -0.2) is 0 Å². The fourth-order valence-corrected chi connectivity index (χ4v) is 5.51. The van der Waals surface area contributed by atoms with E-state index < -0.39 is 0 Å². The van der Waals surface area contributed by atoms with Crippen molar-refractivity contribution in [1.29, 1.82) is 0 Å². The molecule has 1 aromatic heterocycles. The Bertz CT molecular complexity index is 791. The monoisotopic (exact) mass is 371 g/mol. The predicted molar refractivity (Wildman–Crippen MR) is 101 cm³/mol. The Labute approximate surface area is 158 Å². The maximum absolute atomic E-state index is 12.9. The molecule has 26 heavy (non-hydrogen) atoms. The maximum atomic E-state index is 12.9. The Morgan fingerprint density at radius 1 is 1.35 bits per heavy atom. The second-order valence-electron chi connectivity index (χ2n) is 7.62. The fourth-order valence-electron chi connectivity index (χ4n) is 4.62. The van der Waals surface area contributed by atoms with Gasteiger partial charge in [0.05, 0.1) is 11.3 Å². The zero-order valence-electron chi connectivity index (χ0n) is 15.3. The average Bonchev–Trinajstić information content (AvgIpc) is 3.37. The number of fused-ring (bicyclic) bond motifs is 2. The summed E-state index contributed by atoms with van der Waals surface area (Å²) in [5.74, 6) is 4.16. The summed E-state index contributed by atoms with van der Waals surface area (Å²) >= 11 is 1.57. The van der Waals surface area contributed by atoms with Crippen molar-refractivity contribution in [2.24, 2.45) is 17.8 Å². The lowest BCUT2D eigenvalue weighted by molar-refractivity contribution is 0.0912. The molecule has 4 rings (SSSR count). The standard InChI is InChI=1S/C20H25N3O2S/c1-12(17-10-14-7-8-15(17)9-14)21-20(24)16-5-3-4-6-18(16)26-11-19-22-13(2)25-23-19/h3-6,12,14-15,17H,7-11H2,1-2H3,(H,21,24). The van der Waals surface area contributed by atoms with Crippen LogP contribution in [-0.4, -0.2) is 22.1 Å². The molecule has 2 fully saturated rings. The summed E-state index contributed by atoms with van der Waals surface area (Å²) in [6.45, 7) is 3.95. The molecule has 1 amide bonds. The molecule has 1 aromatic carbocycles. The molecule has 2 saturated carbocycles. The van der Waals surface area contributed by atoms with E-state index in [1.807, 2.05) is 24.3 Å². The summed E-state index contributed by atoms with van der Waals surface area (Å²) < 4.78 is 5.01. The minimum atomic E-state index is 0.0210. The van der Waals surface area contributed by atoms with E-state index in [1.54, 1.807) is 18.7 Å². The molecule has 0 saturated heterocycles.